The van der Waals surface area contributed by atoms with E-state index in [2.05, 4.69) is 46.2 Å². The molecule has 0 spiro atoms. The third-order valence-electron chi connectivity index (χ3n) is 3.96. The number of rotatable bonds is 4. The first-order chi connectivity index (χ1) is 13.6. The lowest BCUT2D eigenvalue weighted by atomic mass is 10.1. The molecule has 142 valence electrons. The van der Waals surface area contributed by atoms with E-state index in [-0.39, 0.29) is 23.0 Å². The van der Waals surface area contributed by atoms with Crippen molar-refractivity contribution in [3.8, 4) is 22.9 Å². The van der Waals surface area contributed by atoms with Crippen LogP contribution in [-0.4, -0.2) is 52.7 Å². The second-order valence-electron chi connectivity index (χ2n) is 5.76. The van der Waals surface area contributed by atoms with Crippen molar-refractivity contribution in [3.05, 3.63) is 30.1 Å². The molecule has 0 fully saturated rings. The van der Waals surface area contributed by atoms with E-state index >= 15 is 0 Å². The van der Waals surface area contributed by atoms with E-state index in [1.165, 1.54) is 6.07 Å². The molecule has 28 heavy (non-hydrogen) atoms. The van der Waals surface area contributed by atoms with Crippen molar-refractivity contribution in [2.75, 3.05) is 11.9 Å². The summed E-state index contributed by atoms with van der Waals surface area (Å²) in [4.78, 5) is 25.1. The lowest BCUT2D eigenvalue weighted by molar-refractivity contribution is 0.252. The number of hydrogen-bond donors (Lipinski definition) is 3. The number of nitrogens with zero attached hydrogens (tertiary/aromatic N) is 7. The fourth-order valence-electron chi connectivity index (χ4n) is 2.72. The van der Waals surface area contributed by atoms with Gasteiger partial charge in [-0.15, -0.1) is 10.2 Å². The number of urea groups is 1. The molecule has 0 bridgehead atoms. The van der Waals surface area contributed by atoms with Crippen molar-refractivity contribution in [1.29, 1.82) is 0 Å². The van der Waals surface area contributed by atoms with Gasteiger partial charge >= 0.3 is 6.03 Å². The van der Waals surface area contributed by atoms with Gasteiger partial charge in [-0.05, 0) is 24.3 Å². The van der Waals surface area contributed by atoms with Crippen LogP contribution in [0.3, 0.4) is 0 Å². The van der Waals surface area contributed by atoms with Gasteiger partial charge in [0, 0.05) is 19.2 Å². The van der Waals surface area contributed by atoms with E-state index in [9.17, 15) is 9.18 Å². The Labute approximate surface area is 157 Å². The Bertz CT molecular complexity index is 1150. The Morgan fingerprint density at radius 3 is 2.79 bits per heavy atom. The average molecular weight is 382 g/mol. The van der Waals surface area contributed by atoms with Crippen molar-refractivity contribution in [2.24, 2.45) is 7.05 Å². The van der Waals surface area contributed by atoms with Crippen LogP contribution in [0, 0.1) is 5.82 Å². The minimum atomic E-state index is -0.474. The summed E-state index contributed by atoms with van der Waals surface area (Å²) < 4.78 is 16.1. The van der Waals surface area contributed by atoms with Gasteiger partial charge in [-0.25, -0.2) is 19.2 Å². The minimum Gasteiger partial charge on any atom is -0.338 e. The van der Waals surface area contributed by atoms with E-state index in [0.29, 0.717) is 23.5 Å². The predicted molar refractivity (Wildman–Crippen MR) is 97.6 cm³/mol. The van der Waals surface area contributed by atoms with Crippen LogP contribution in [0.2, 0.25) is 0 Å². The van der Waals surface area contributed by atoms with Gasteiger partial charge in [0.15, 0.2) is 11.5 Å². The maximum absolute atomic E-state index is 14.5. The number of carbonyl (C=O) groups excluding carboxylic acids is 1. The van der Waals surface area contributed by atoms with E-state index in [1.807, 2.05) is 0 Å². The van der Waals surface area contributed by atoms with Gasteiger partial charge in [-0.1, -0.05) is 12.1 Å². The largest absolute Gasteiger partial charge is 0.338 e. The first kappa shape index (κ1) is 17.5. The molecule has 0 radical (unpaired) electrons. The number of H-pyrrole nitrogens is 1. The van der Waals surface area contributed by atoms with Crippen molar-refractivity contribution in [2.45, 2.75) is 6.92 Å². The van der Waals surface area contributed by atoms with Crippen LogP contribution >= 0.6 is 0 Å². The standard InChI is InChI=1S/C16H15FN10O/c1-3-18-16(28)22-15-20-10(8-6-4-5-7-9(8)17)11-13(21-15)27(2)14(19-11)12-23-25-26-24-12/h4-7H,3H2,1-2H3,(H,23,24,25,26)(H2,18,20,21,22,28). The van der Waals surface area contributed by atoms with Crippen LogP contribution in [0.5, 0.6) is 0 Å². The molecule has 0 saturated heterocycles. The summed E-state index contributed by atoms with van der Waals surface area (Å²) >= 11 is 0. The van der Waals surface area contributed by atoms with Crippen LogP contribution in [0.1, 0.15) is 6.92 Å². The van der Waals surface area contributed by atoms with E-state index in [4.69, 9.17) is 0 Å². The number of hydrogen-bond acceptors (Lipinski definition) is 7. The summed E-state index contributed by atoms with van der Waals surface area (Å²) in [6.45, 7) is 2.22. The Hall–Kier alpha value is -3.96. The molecule has 1 aromatic carbocycles. The van der Waals surface area contributed by atoms with Crippen LogP contribution in [0.25, 0.3) is 34.1 Å². The molecule has 0 aliphatic heterocycles. The number of carbonyl (C=O) groups is 1. The number of amides is 2. The highest BCUT2D eigenvalue weighted by Crippen LogP contribution is 2.30. The monoisotopic (exact) mass is 382 g/mol. The third-order valence-corrected chi connectivity index (χ3v) is 3.96. The van der Waals surface area contributed by atoms with Gasteiger partial charge in [0.25, 0.3) is 0 Å². The maximum Gasteiger partial charge on any atom is 0.321 e. The number of imidazole rings is 1. The zero-order valence-corrected chi connectivity index (χ0v) is 14.9. The molecular weight excluding hydrogens is 367 g/mol. The number of aryl methyl sites for hydroxylation is 1. The van der Waals surface area contributed by atoms with Crippen molar-refractivity contribution in [1.82, 2.24) is 45.5 Å². The van der Waals surface area contributed by atoms with E-state index in [1.54, 1.807) is 36.7 Å². The van der Waals surface area contributed by atoms with Crippen LogP contribution < -0.4 is 10.6 Å². The zero-order chi connectivity index (χ0) is 19.7. The number of halogens is 1. The summed E-state index contributed by atoms with van der Waals surface area (Å²) in [5.74, 6) is 0.154. The Kier molecular flexibility index (Phi) is 4.35. The number of aromatic amines is 1. The molecular formula is C16H15FN10O. The van der Waals surface area contributed by atoms with Crippen LogP contribution in [0.15, 0.2) is 24.3 Å². The Morgan fingerprint density at radius 1 is 1.25 bits per heavy atom. The first-order valence-corrected chi connectivity index (χ1v) is 8.36. The molecule has 0 aliphatic rings. The number of tetrazole rings is 1. The quantitative estimate of drug-likeness (QED) is 0.486. The Balaban J connectivity index is 1.95. The molecule has 0 aliphatic carbocycles. The number of benzene rings is 1. The van der Waals surface area contributed by atoms with Crippen molar-refractivity contribution >= 4 is 23.1 Å². The normalized spacial score (nSPS) is 11.0. The summed E-state index contributed by atoms with van der Waals surface area (Å²) in [6.07, 6.45) is 0. The number of anilines is 1. The van der Waals surface area contributed by atoms with Crippen LogP contribution in [0.4, 0.5) is 15.1 Å². The molecule has 12 heteroatoms. The molecule has 3 N–H and O–H groups in total. The fourth-order valence-corrected chi connectivity index (χ4v) is 2.72. The zero-order valence-electron chi connectivity index (χ0n) is 14.9. The predicted octanol–water partition coefficient (Wildman–Crippen LogP) is 1.49. The van der Waals surface area contributed by atoms with Gasteiger partial charge in [0.2, 0.25) is 11.8 Å². The molecule has 0 atom stereocenters. The molecule has 3 aromatic heterocycles. The Morgan fingerprint density at radius 2 is 2.07 bits per heavy atom. The van der Waals surface area contributed by atoms with Crippen molar-refractivity contribution < 1.29 is 9.18 Å². The van der Waals surface area contributed by atoms with Gasteiger partial charge in [0.1, 0.15) is 17.0 Å². The number of nitrogens with one attached hydrogen (secondary N) is 3. The van der Waals surface area contributed by atoms with Crippen molar-refractivity contribution in [3.63, 3.8) is 0 Å². The van der Waals surface area contributed by atoms with E-state index in [0.717, 1.165) is 0 Å². The average Bonchev–Trinajstić information content (AvgIpc) is 3.31. The second kappa shape index (κ2) is 6.98. The maximum atomic E-state index is 14.5. The molecule has 2 amide bonds. The molecule has 4 aromatic rings. The lowest BCUT2D eigenvalue weighted by Crippen LogP contribution is -2.29. The van der Waals surface area contributed by atoms with Crippen LogP contribution in [-0.2, 0) is 7.05 Å². The highest BCUT2D eigenvalue weighted by Gasteiger charge is 2.22. The third kappa shape index (κ3) is 3.00. The second-order valence-corrected chi connectivity index (χ2v) is 5.76. The van der Waals surface area contributed by atoms with Gasteiger partial charge < -0.3 is 9.88 Å². The molecule has 0 saturated carbocycles. The molecule has 4 rings (SSSR count). The first-order valence-electron chi connectivity index (χ1n) is 8.36. The highest BCUT2D eigenvalue weighted by molar-refractivity contribution is 5.93. The number of aromatic nitrogens is 8. The molecule has 3 heterocycles. The smallest absolute Gasteiger partial charge is 0.321 e. The highest BCUT2D eigenvalue weighted by atomic mass is 19.1. The van der Waals surface area contributed by atoms with Gasteiger partial charge in [-0.2, -0.15) is 10.2 Å². The lowest BCUT2D eigenvalue weighted by Gasteiger charge is -2.08. The summed E-state index contributed by atoms with van der Waals surface area (Å²) in [6, 6.07) is 5.70. The number of fused-ring (bicyclic) bond motifs is 1. The summed E-state index contributed by atoms with van der Waals surface area (Å²) in [7, 11) is 1.70. The van der Waals surface area contributed by atoms with Gasteiger partial charge in [-0.3, -0.25) is 5.32 Å². The molecule has 11 nitrogen and oxygen atoms in total. The SMILES string of the molecule is CCNC(=O)Nc1nc(-c2ccccc2F)c2nc(-c3nn[nH]n3)n(C)c2n1. The topological polar surface area (TPSA) is 139 Å². The molecule has 0 unspecified atom stereocenters. The summed E-state index contributed by atoms with van der Waals surface area (Å²) in [5, 5.41) is 18.9. The summed E-state index contributed by atoms with van der Waals surface area (Å²) in [5.41, 5.74) is 1.18. The van der Waals surface area contributed by atoms with E-state index < -0.39 is 11.8 Å². The fraction of sp³-hybridized carbons (Fsp3) is 0.188. The van der Waals surface area contributed by atoms with Gasteiger partial charge in [0.05, 0.1) is 0 Å². The minimum absolute atomic E-state index is 0.0133.